The predicted molar refractivity (Wildman–Crippen MR) is 461 cm³/mol. The third-order valence-electron chi connectivity index (χ3n) is 32.1. The van der Waals surface area contributed by atoms with Crippen LogP contribution in [0.25, 0.3) is 5.57 Å². The maximum Gasteiger partial charge on any atom is 0.188 e. The van der Waals surface area contributed by atoms with Crippen LogP contribution >= 0.6 is 0 Å². The maximum atomic E-state index is 11.5. The summed E-state index contributed by atoms with van der Waals surface area (Å²) in [4.78, 5) is 11.5. The van der Waals surface area contributed by atoms with Crippen molar-refractivity contribution in [2.75, 3.05) is 88.6 Å². The summed E-state index contributed by atoms with van der Waals surface area (Å²) in [5.74, 6) is 11.2. The zero-order valence-electron chi connectivity index (χ0n) is 71.1. The molecule has 116 heavy (non-hydrogen) atoms. The molecule has 8 fully saturated rings. The number of fused-ring (bicyclic) bond motifs is 20. The molecule has 0 saturated heterocycles. The Bertz CT molecular complexity index is 3650. The summed E-state index contributed by atoms with van der Waals surface area (Å²) in [6.07, 6.45) is 36.4. The molecular weight excluding hydrogens is 1460 g/mol. The summed E-state index contributed by atoms with van der Waals surface area (Å²) < 4.78 is 55.2. The number of phenols is 2. The van der Waals surface area contributed by atoms with E-state index in [1.165, 1.54) is 159 Å². The van der Waals surface area contributed by atoms with Crippen LogP contribution in [0.2, 0.25) is 0 Å². The molecule has 12 aliphatic rings. The number of rotatable bonds is 30. The minimum Gasteiger partial charge on any atom is -0.508 e. The van der Waals surface area contributed by atoms with Crippen molar-refractivity contribution in [3.63, 3.8) is 0 Å². The van der Waals surface area contributed by atoms with Crippen LogP contribution in [0.4, 0.5) is 0 Å². The molecule has 0 bridgehead atoms. The molecule has 0 unspecified atom stereocenters. The van der Waals surface area contributed by atoms with Gasteiger partial charge in [0.15, 0.2) is 13.6 Å². The molecule has 0 heterocycles. The third kappa shape index (κ3) is 19.3. The SMILES string of the molecule is C.C.CCCOCCCC[C@@H]1C[C@@H]2[C@H](CC[C@]3(C)[C@@H](O)CC[C@@H]23)c2ccc(O)cc21.CCOCCCCC[C@@H]1C[C@@H]2[C@H](CC[C@]3(C)[C@@H](O)CC[C@@H]23)c2ccc(O)cc21.COCOc1ccc2c(c1)C(CCO)=C[C@@H]1[C@@H]2CC[C@]2(C)[C@@H](OCOC)CC[C@@H]12.COCOc1ccc2c(c1)[C@H](CC=O)C[C@@H]1[C@@H]2CC[C@]2(C)[C@@H](OCOC)CC[C@@H]12. The molecule has 12 aliphatic carbocycles. The molecule has 4 aromatic carbocycles. The number of hydrogen-bond donors (Lipinski definition) is 5. The topological polar surface area (TPSA) is 211 Å². The fourth-order valence-corrected chi connectivity index (χ4v) is 26.5. The lowest BCUT2D eigenvalue weighted by Gasteiger charge is -2.52. The second-order valence-electron chi connectivity index (χ2n) is 37.9. The van der Waals surface area contributed by atoms with Crippen molar-refractivity contribution in [3.05, 3.63) is 123 Å². The number of aliphatic hydroxyl groups excluding tert-OH is 3. The third-order valence-corrected chi connectivity index (χ3v) is 32.1. The van der Waals surface area contributed by atoms with Crippen LogP contribution in [0.1, 0.15) is 329 Å². The Balaban J connectivity index is 0.000000151. The van der Waals surface area contributed by atoms with Gasteiger partial charge in [0.1, 0.15) is 42.9 Å². The highest BCUT2D eigenvalue weighted by molar-refractivity contribution is 5.73. The normalized spacial score (nSPS) is 34.8. The lowest BCUT2D eigenvalue weighted by Crippen LogP contribution is -2.45. The predicted octanol–water partition coefficient (Wildman–Crippen LogP) is 21.8. The zero-order valence-corrected chi connectivity index (χ0v) is 71.1. The molecule has 8 saturated carbocycles. The van der Waals surface area contributed by atoms with Crippen molar-refractivity contribution < 1.29 is 77.7 Å². The Morgan fingerprint density at radius 3 is 1.41 bits per heavy atom. The Morgan fingerprint density at radius 1 is 0.448 bits per heavy atom. The number of allylic oxidation sites excluding steroid dienone is 1. The highest BCUT2D eigenvalue weighted by atomic mass is 16.7. The average Bonchev–Trinajstić information content (AvgIpc) is 1.50. The standard InChI is InChI=1S/2C25H38O3.2C24H34O5.2CH4/c1-3-13-28-14-5-4-6-17-15-22-20(19-8-7-18(26)16-21(17)19)11-12-25(2)23(22)9-10-24(25)27;1-3-28-14-6-4-5-7-17-15-22-20(19-9-8-18(26)16-21(17)19)12-13-25(2)23(22)10-11-24(25)27;2*1-24-10-8-19-18-5-4-17(28-14-26-2)13-20(18)16(9-11-25)12-21(19)22(24)6-7-23(24)29-15-27-3;;/h7-8,16-17,20,22-24,26-27H,3-6,9-15H2,1-2H3;8-9,16-17,20,22-24,26-27H,3-7,10-15H2,1-2H3;4-5,12-13,19,21-23,25H,6-11,14-15H2,1-3H3;4-5,11,13,16,19,21-23H,6-10,12,14-15H2,1-3H3;2*1H4/t2*17-,20-,22-,23+,24+,25+;19-,21-,22+,23+,24+;16-,19-,21-,22+,23+,24+;;/m1111../s1. The number of ether oxygens (including phenoxy) is 10. The van der Waals surface area contributed by atoms with E-state index in [-0.39, 0.29) is 87.0 Å². The number of aromatic hydroxyl groups is 2. The van der Waals surface area contributed by atoms with Crippen LogP contribution in [0.3, 0.4) is 0 Å². The molecule has 16 rings (SSSR count). The minimum atomic E-state index is -0.117. The first-order chi connectivity index (χ1) is 55.3. The van der Waals surface area contributed by atoms with Crippen molar-refractivity contribution in [3.8, 4) is 23.0 Å². The van der Waals surface area contributed by atoms with E-state index in [0.717, 1.165) is 108 Å². The fraction of sp³-hybridized carbons (Fsp3) is 0.730. The number of benzene rings is 4. The fourth-order valence-electron chi connectivity index (χ4n) is 26.5. The van der Waals surface area contributed by atoms with Gasteiger partial charge in [-0.25, -0.2) is 0 Å². The molecule has 648 valence electrons. The van der Waals surface area contributed by atoms with Gasteiger partial charge >= 0.3 is 0 Å². The Morgan fingerprint density at radius 2 is 0.888 bits per heavy atom. The maximum absolute atomic E-state index is 11.5. The van der Waals surface area contributed by atoms with Gasteiger partial charge in [0.2, 0.25) is 0 Å². The van der Waals surface area contributed by atoms with Crippen molar-refractivity contribution >= 4 is 11.9 Å². The van der Waals surface area contributed by atoms with Gasteiger partial charge in [0, 0.05) is 67.9 Å². The zero-order chi connectivity index (χ0) is 80.3. The Hall–Kier alpha value is -4.95. The van der Waals surface area contributed by atoms with Crippen molar-refractivity contribution in [2.24, 2.45) is 69.0 Å². The summed E-state index contributed by atoms with van der Waals surface area (Å²) in [6, 6.07) is 25.1. The largest absolute Gasteiger partial charge is 0.508 e. The number of phenolic OH excluding ortho intramolecular Hbond substituents is 2. The molecule has 5 N–H and O–H groups in total. The molecular formula is C100H152O16. The number of unbranched alkanes of at least 4 members (excludes halogenated alkanes) is 3. The summed E-state index contributed by atoms with van der Waals surface area (Å²) in [6.45, 7) is 18.6. The van der Waals surface area contributed by atoms with Crippen LogP contribution in [-0.2, 0) is 42.7 Å². The average molecular weight is 1610 g/mol. The first-order valence-corrected chi connectivity index (χ1v) is 45.0. The van der Waals surface area contributed by atoms with Crippen molar-refractivity contribution in [1.82, 2.24) is 0 Å². The second kappa shape index (κ2) is 41.7. The first kappa shape index (κ1) is 91.8. The molecule has 0 aromatic heterocycles. The Labute approximate surface area is 698 Å². The molecule has 16 heteroatoms. The highest BCUT2D eigenvalue weighted by Gasteiger charge is 2.60. The van der Waals surface area contributed by atoms with Crippen LogP contribution < -0.4 is 9.47 Å². The van der Waals surface area contributed by atoms with E-state index in [0.29, 0.717) is 121 Å². The summed E-state index contributed by atoms with van der Waals surface area (Å²) >= 11 is 0. The van der Waals surface area contributed by atoms with E-state index >= 15 is 0 Å². The van der Waals surface area contributed by atoms with Gasteiger partial charge in [0.05, 0.1) is 24.4 Å². The number of hydrogen-bond acceptors (Lipinski definition) is 16. The number of methoxy groups -OCH3 is 4. The van der Waals surface area contributed by atoms with E-state index in [1.807, 2.05) is 24.3 Å². The van der Waals surface area contributed by atoms with E-state index in [4.69, 9.17) is 47.4 Å². The van der Waals surface area contributed by atoms with Gasteiger partial charge < -0.3 is 77.7 Å². The highest BCUT2D eigenvalue weighted by Crippen LogP contribution is 2.68. The summed E-state index contributed by atoms with van der Waals surface area (Å²) in [7, 11) is 6.64. The van der Waals surface area contributed by atoms with Crippen LogP contribution in [0, 0.1) is 69.0 Å². The van der Waals surface area contributed by atoms with E-state index in [1.54, 1.807) is 28.4 Å². The van der Waals surface area contributed by atoms with Gasteiger partial charge in [-0.2, -0.15) is 0 Å². The molecule has 0 amide bonds. The van der Waals surface area contributed by atoms with Gasteiger partial charge in [-0.05, 0) is 376 Å². The van der Waals surface area contributed by atoms with Crippen LogP contribution in [0.15, 0.2) is 78.9 Å². The smallest absolute Gasteiger partial charge is 0.188 e. The van der Waals surface area contributed by atoms with E-state index in [9.17, 15) is 30.3 Å². The summed E-state index contributed by atoms with van der Waals surface area (Å²) in [5, 5.41) is 51.3. The van der Waals surface area contributed by atoms with Gasteiger partial charge in [-0.3, -0.25) is 0 Å². The minimum absolute atomic E-state index is 0. The molecule has 4 aromatic rings. The molecule has 16 nitrogen and oxygen atoms in total. The molecule has 0 spiro atoms. The number of aldehydes is 1. The Kier molecular flexibility index (Phi) is 33.0. The summed E-state index contributed by atoms with van der Waals surface area (Å²) in [5.41, 5.74) is 13.1. The van der Waals surface area contributed by atoms with Crippen molar-refractivity contribution in [1.29, 1.82) is 0 Å². The molecule has 23 atom stereocenters. The number of aliphatic hydroxyl groups is 3. The van der Waals surface area contributed by atoms with Crippen LogP contribution in [-0.4, -0.2) is 145 Å². The molecule has 0 aliphatic heterocycles. The number of carbonyl (C=O) groups excluding carboxylic acids is 1. The van der Waals surface area contributed by atoms with Gasteiger partial charge in [-0.1, -0.05) is 99.1 Å². The quantitative estimate of drug-likeness (QED) is 0.0187. The van der Waals surface area contributed by atoms with Gasteiger partial charge in [-0.15, -0.1) is 0 Å². The second-order valence-corrected chi connectivity index (χ2v) is 37.9. The van der Waals surface area contributed by atoms with E-state index in [2.05, 4.69) is 96.1 Å². The van der Waals surface area contributed by atoms with Gasteiger partial charge in [0.25, 0.3) is 0 Å². The number of carbonyl (C=O) groups is 1. The lowest BCUT2D eigenvalue weighted by molar-refractivity contribution is -0.126. The lowest BCUT2D eigenvalue weighted by atomic mass is 9.53. The first-order valence-electron chi connectivity index (χ1n) is 45.0. The molecule has 0 radical (unpaired) electrons. The van der Waals surface area contributed by atoms with Crippen molar-refractivity contribution in [2.45, 2.75) is 308 Å². The monoisotopic (exact) mass is 1610 g/mol. The van der Waals surface area contributed by atoms with Crippen LogP contribution in [0.5, 0.6) is 23.0 Å². The van der Waals surface area contributed by atoms with E-state index < -0.39 is 0 Å².